The van der Waals surface area contributed by atoms with E-state index in [1.807, 2.05) is 18.3 Å². The molecule has 1 aliphatic carbocycles. The van der Waals surface area contributed by atoms with E-state index < -0.39 is 9.84 Å². The number of nitrogens with one attached hydrogen (secondary N) is 1. The minimum atomic E-state index is -2.84. The standard InChI is InChI=1S/C16H25N3O3S/c20-16(15-6-3-8-19(15)14-4-1-2-5-14)17-7-9-18-10-12-23(21,22)13-11-18/h3,6,8,14H,1-2,4-5,7,9-13H2,(H,17,20). The fourth-order valence-electron chi connectivity index (χ4n) is 3.48. The monoisotopic (exact) mass is 339 g/mol. The quantitative estimate of drug-likeness (QED) is 0.871. The van der Waals surface area contributed by atoms with Crippen LogP contribution in [0.4, 0.5) is 0 Å². The van der Waals surface area contributed by atoms with Crippen LogP contribution in [0.3, 0.4) is 0 Å². The molecule has 2 fully saturated rings. The van der Waals surface area contributed by atoms with Gasteiger partial charge in [0.1, 0.15) is 5.69 Å². The zero-order valence-electron chi connectivity index (χ0n) is 13.4. The Labute approximate surface area is 137 Å². The first-order valence-corrected chi connectivity index (χ1v) is 10.3. The van der Waals surface area contributed by atoms with Crippen LogP contribution in [0.25, 0.3) is 0 Å². The van der Waals surface area contributed by atoms with E-state index in [1.165, 1.54) is 12.8 Å². The van der Waals surface area contributed by atoms with Crippen molar-refractivity contribution in [2.24, 2.45) is 0 Å². The number of hydrogen-bond acceptors (Lipinski definition) is 4. The number of carbonyl (C=O) groups is 1. The van der Waals surface area contributed by atoms with Crippen molar-refractivity contribution in [1.29, 1.82) is 0 Å². The first-order chi connectivity index (χ1) is 11.1. The van der Waals surface area contributed by atoms with Crippen LogP contribution in [-0.2, 0) is 9.84 Å². The Kier molecular flexibility index (Phi) is 5.06. The highest BCUT2D eigenvalue weighted by Gasteiger charge is 2.23. The van der Waals surface area contributed by atoms with Crippen molar-refractivity contribution in [2.75, 3.05) is 37.7 Å². The van der Waals surface area contributed by atoms with Crippen molar-refractivity contribution in [1.82, 2.24) is 14.8 Å². The molecular formula is C16H25N3O3S. The summed E-state index contributed by atoms with van der Waals surface area (Å²) in [5.41, 5.74) is 0.734. The lowest BCUT2D eigenvalue weighted by atomic mass is 10.2. The minimum absolute atomic E-state index is 0.0356. The lowest BCUT2D eigenvalue weighted by Crippen LogP contribution is -2.44. The predicted molar refractivity (Wildman–Crippen MR) is 89.4 cm³/mol. The summed E-state index contributed by atoms with van der Waals surface area (Å²) < 4.78 is 24.9. The maximum absolute atomic E-state index is 12.4. The number of hydrogen-bond donors (Lipinski definition) is 1. The molecule has 1 saturated heterocycles. The fourth-order valence-corrected chi connectivity index (χ4v) is 4.76. The number of sulfone groups is 1. The van der Waals surface area contributed by atoms with Gasteiger partial charge in [0, 0.05) is 38.4 Å². The van der Waals surface area contributed by atoms with Gasteiger partial charge in [-0.3, -0.25) is 9.69 Å². The third-order valence-electron chi connectivity index (χ3n) is 4.88. The molecule has 0 radical (unpaired) electrons. The maximum atomic E-state index is 12.4. The van der Waals surface area contributed by atoms with Gasteiger partial charge in [0.25, 0.3) is 5.91 Å². The van der Waals surface area contributed by atoms with Gasteiger partial charge in [0.05, 0.1) is 11.5 Å². The van der Waals surface area contributed by atoms with Gasteiger partial charge in [0.2, 0.25) is 0 Å². The SMILES string of the molecule is O=C(NCCN1CCS(=O)(=O)CC1)c1cccn1C1CCCC1. The number of nitrogens with zero attached hydrogens (tertiary/aromatic N) is 2. The molecule has 1 aromatic rings. The molecule has 128 valence electrons. The van der Waals surface area contributed by atoms with Crippen molar-refractivity contribution in [3.63, 3.8) is 0 Å². The summed E-state index contributed by atoms with van der Waals surface area (Å²) in [6, 6.07) is 4.27. The van der Waals surface area contributed by atoms with Gasteiger partial charge in [-0.05, 0) is 25.0 Å². The van der Waals surface area contributed by atoms with E-state index in [0.717, 1.165) is 18.5 Å². The maximum Gasteiger partial charge on any atom is 0.267 e. The van der Waals surface area contributed by atoms with Gasteiger partial charge in [-0.25, -0.2) is 8.42 Å². The number of carbonyl (C=O) groups excluding carboxylic acids is 1. The summed E-state index contributed by atoms with van der Waals surface area (Å²) >= 11 is 0. The molecule has 0 aromatic carbocycles. The highest BCUT2D eigenvalue weighted by molar-refractivity contribution is 7.91. The second kappa shape index (κ2) is 7.05. The van der Waals surface area contributed by atoms with Crippen molar-refractivity contribution >= 4 is 15.7 Å². The normalized spacial score (nSPS) is 22.3. The molecule has 6 nitrogen and oxygen atoms in total. The molecule has 1 saturated carbocycles. The molecule has 2 heterocycles. The van der Waals surface area contributed by atoms with Gasteiger partial charge < -0.3 is 9.88 Å². The van der Waals surface area contributed by atoms with Gasteiger partial charge in [-0.2, -0.15) is 0 Å². The van der Waals surface area contributed by atoms with E-state index in [0.29, 0.717) is 32.2 Å². The number of amides is 1. The van der Waals surface area contributed by atoms with Crippen LogP contribution >= 0.6 is 0 Å². The topological polar surface area (TPSA) is 71.4 Å². The van der Waals surface area contributed by atoms with Crippen LogP contribution < -0.4 is 5.32 Å². The predicted octanol–water partition coefficient (Wildman–Crippen LogP) is 1.06. The number of rotatable bonds is 5. The fraction of sp³-hybridized carbons (Fsp3) is 0.688. The van der Waals surface area contributed by atoms with E-state index in [4.69, 9.17) is 0 Å². The van der Waals surface area contributed by atoms with Crippen LogP contribution in [0.1, 0.15) is 42.2 Å². The van der Waals surface area contributed by atoms with Gasteiger partial charge in [0.15, 0.2) is 9.84 Å². The Morgan fingerprint density at radius 2 is 1.91 bits per heavy atom. The second-order valence-electron chi connectivity index (χ2n) is 6.49. The van der Waals surface area contributed by atoms with E-state index in [-0.39, 0.29) is 17.4 Å². The first-order valence-electron chi connectivity index (χ1n) is 8.43. The zero-order chi connectivity index (χ0) is 16.3. The number of aromatic nitrogens is 1. The van der Waals surface area contributed by atoms with Gasteiger partial charge >= 0.3 is 0 Å². The molecule has 2 aliphatic rings. The first kappa shape index (κ1) is 16.5. The molecule has 0 spiro atoms. The molecule has 0 bridgehead atoms. The molecule has 3 rings (SSSR count). The summed E-state index contributed by atoms with van der Waals surface area (Å²) in [7, 11) is -2.84. The van der Waals surface area contributed by atoms with E-state index in [1.54, 1.807) is 0 Å². The molecule has 0 unspecified atom stereocenters. The van der Waals surface area contributed by atoms with Crippen LogP contribution in [0.2, 0.25) is 0 Å². The van der Waals surface area contributed by atoms with Crippen LogP contribution in [0.15, 0.2) is 18.3 Å². The Morgan fingerprint density at radius 3 is 2.61 bits per heavy atom. The summed E-state index contributed by atoms with van der Waals surface area (Å²) in [6.07, 6.45) is 6.78. The van der Waals surface area contributed by atoms with E-state index in [2.05, 4.69) is 14.8 Å². The van der Waals surface area contributed by atoms with Crippen molar-refractivity contribution in [3.05, 3.63) is 24.0 Å². The Hall–Kier alpha value is -1.34. The molecular weight excluding hydrogens is 314 g/mol. The highest BCUT2D eigenvalue weighted by Crippen LogP contribution is 2.30. The van der Waals surface area contributed by atoms with Crippen molar-refractivity contribution in [3.8, 4) is 0 Å². The average Bonchev–Trinajstić information content (AvgIpc) is 3.19. The average molecular weight is 339 g/mol. The third-order valence-corrected chi connectivity index (χ3v) is 6.49. The smallest absolute Gasteiger partial charge is 0.267 e. The Balaban J connectivity index is 1.48. The lowest BCUT2D eigenvalue weighted by molar-refractivity contribution is 0.0937. The Morgan fingerprint density at radius 1 is 1.22 bits per heavy atom. The highest BCUT2D eigenvalue weighted by atomic mass is 32.2. The minimum Gasteiger partial charge on any atom is -0.349 e. The summed E-state index contributed by atoms with van der Waals surface area (Å²) in [6.45, 7) is 2.38. The summed E-state index contributed by atoms with van der Waals surface area (Å²) in [5.74, 6) is 0.420. The molecule has 1 amide bonds. The summed E-state index contributed by atoms with van der Waals surface area (Å²) in [4.78, 5) is 14.5. The molecule has 0 atom stereocenters. The molecule has 23 heavy (non-hydrogen) atoms. The van der Waals surface area contributed by atoms with Gasteiger partial charge in [-0.15, -0.1) is 0 Å². The third kappa shape index (κ3) is 4.14. The summed E-state index contributed by atoms with van der Waals surface area (Å²) in [5, 5.41) is 2.97. The second-order valence-corrected chi connectivity index (χ2v) is 8.79. The molecule has 1 N–H and O–H groups in total. The van der Waals surface area contributed by atoms with E-state index in [9.17, 15) is 13.2 Å². The van der Waals surface area contributed by atoms with Crippen LogP contribution in [0.5, 0.6) is 0 Å². The lowest BCUT2D eigenvalue weighted by Gasteiger charge is -2.26. The zero-order valence-corrected chi connectivity index (χ0v) is 14.2. The van der Waals surface area contributed by atoms with Crippen LogP contribution in [0, 0.1) is 0 Å². The van der Waals surface area contributed by atoms with Crippen molar-refractivity contribution in [2.45, 2.75) is 31.7 Å². The molecule has 7 heteroatoms. The van der Waals surface area contributed by atoms with Crippen molar-refractivity contribution < 1.29 is 13.2 Å². The largest absolute Gasteiger partial charge is 0.349 e. The molecule has 1 aromatic heterocycles. The van der Waals surface area contributed by atoms with Gasteiger partial charge in [-0.1, -0.05) is 12.8 Å². The van der Waals surface area contributed by atoms with E-state index >= 15 is 0 Å². The molecule has 1 aliphatic heterocycles. The Bertz CT molecular complexity index is 633. The van der Waals surface area contributed by atoms with Crippen LogP contribution in [-0.4, -0.2) is 61.5 Å².